The number of benzene rings is 2. The molecule has 0 aliphatic rings. The van der Waals surface area contributed by atoms with Gasteiger partial charge in [0.25, 0.3) is 20.2 Å². The van der Waals surface area contributed by atoms with Gasteiger partial charge in [-0.05, 0) is 29.3 Å². The average Bonchev–Trinajstić information content (AvgIpc) is 2.59. The van der Waals surface area contributed by atoms with Gasteiger partial charge in [-0.25, -0.2) is 0 Å². The van der Waals surface area contributed by atoms with Crippen molar-refractivity contribution in [2.75, 3.05) is 5.32 Å². The number of nitrogens with one attached hydrogen (secondary N) is 1. The first-order valence-corrected chi connectivity index (χ1v) is 10.9. The van der Waals surface area contributed by atoms with E-state index in [1.807, 2.05) is 0 Å². The number of anilines is 1. The van der Waals surface area contributed by atoms with E-state index in [9.17, 15) is 30.7 Å². The quantitative estimate of drug-likeness (QED) is 0.320. The van der Waals surface area contributed by atoms with Gasteiger partial charge in [0.1, 0.15) is 9.79 Å². The second kappa shape index (κ2) is 9.98. The summed E-state index contributed by atoms with van der Waals surface area (Å²) in [4.78, 5) is 11.0. The Kier molecular flexibility index (Phi) is 8.78. The van der Waals surface area contributed by atoms with Crippen molar-refractivity contribution in [1.82, 2.24) is 0 Å². The van der Waals surface area contributed by atoms with Gasteiger partial charge in [-0.1, -0.05) is 50.3 Å². The van der Waals surface area contributed by atoms with Gasteiger partial charge in [0.15, 0.2) is 0 Å². The van der Waals surface area contributed by atoms with Gasteiger partial charge in [0.2, 0.25) is 5.91 Å². The minimum atomic E-state index is -4.63. The molecule has 0 saturated carbocycles. The Morgan fingerprint density at radius 2 is 1.41 bits per heavy atom. The van der Waals surface area contributed by atoms with Crippen LogP contribution < -0.4 is 34.9 Å². The predicted octanol–water partition coefficient (Wildman–Crippen LogP) is -0.0511. The maximum Gasteiger partial charge on any atom is 1.00 e. The molecule has 0 saturated heterocycles. The van der Waals surface area contributed by atoms with Crippen LogP contribution in [0.3, 0.4) is 0 Å². The second-order valence-corrected chi connectivity index (χ2v) is 9.00. The van der Waals surface area contributed by atoms with Crippen LogP contribution in [0.1, 0.15) is 25.0 Å². The van der Waals surface area contributed by atoms with Crippen LogP contribution in [0.2, 0.25) is 0 Å². The molecule has 0 bridgehead atoms. The maximum absolute atomic E-state index is 11.8. The Labute approximate surface area is 191 Å². The van der Waals surface area contributed by atoms with Crippen LogP contribution in [0.25, 0.3) is 12.2 Å². The normalized spacial score (nSPS) is 12.0. The maximum atomic E-state index is 11.8. The van der Waals surface area contributed by atoms with Crippen LogP contribution in [-0.2, 0) is 25.0 Å². The average molecular weight is 448 g/mol. The van der Waals surface area contributed by atoms with E-state index in [4.69, 9.17) is 0 Å². The van der Waals surface area contributed by atoms with E-state index in [1.165, 1.54) is 42.5 Å². The molecule has 0 aliphatic heterocycles. The minimum Gasteiger partial charge on any atom is -0.326 e. The predicted molar refractivity (Wildman–Crippen MR) is 105 cm³/mol. The standard InChI is InChI=1S/C18H19NO7S2.Na/c1-12(2)18(20)19-15-10-9-14(17(11-15)28(24,25)26)8-7-13-5-3-4-6-16(13)27(21,22)23;/h3-12H,1-2H3,(H,19,20)(H,21,22,23)(H,24,25,26);/q;+1/b8-7+;. The number of amides is 1. The van der Waals surface area contributed by atoms with Gasteiger partial charge < -0.3 is 5.32 Å². The Hall–Kier alpha value is -1.53. The molecule has 2 aromatic rings. The molecular weight excluding hydrogens is 429 g/mol. The van der Waals surface area contributed by atoms with Gasteiger partial charge in [-0.2, -0.15) is 16.8 Å². The third-order valence-corrected chi connectivity index (χ3v) is 5.56. The zero-order valence-electron chi connectivity index (χ0n) is 16.0. The smallest absolute Gasteiger partial charge is 0.326 e. The number of rotatable bonds is 6. The van der Waals surface area contributed by atoms with Crippen LogP contribution in [0.4, 0.5) is 5.69 Å². The Bertz CT molecular complexity index is 1140. The van der Waals surface area contributed by atoms with Gasteiger partial charge in [0, 0.05) is 11.6 Å². The van der Waals surface area contributed by atoms with Crippen LogP contribution >= 0.6 is 0 Å². The molecule has 0 radical (unpaired) electrons. The summed E-state index contributed by atoms with van der Waals surface area (Å²) in [5.74, 6) is -0.655. The van der Waals surface area contributed by atoms with Crippen LogP contribution in [0.5, 0.6) is 0 Å². The van der Waals surface area contributed by atoms with Gasteiger partial charge >= 0.3 is 29.6 Å². The van der Waals surface area contributed by atoms with Crippen LogP contribution in [0, 0.1) is 5.92 Å². The molecule has 0 aromatic heterocycles. The minimum absolute atomic E-state index is 0. The van der Waals surface area contributed by atoms with Gasteiger partial charge in [-0.15, -0.1) is 0 Å². The second-order valence-electron chi connectivity index (χ2n) is 6.22. The summed E-state index contributed by atoms with van der Waals surface area (Å²) >= 11 is 0. The fourth-order valence-electron chi connectivity index (χ4n) is 2.29. The zero-order chi connectivity index (χ0) is 21.1. The van der Waals surface area contributed by atoms with Crippen molar-refractivity contribution in [2.45, 2.75) is 23.6 Å². The van der Waals surface area contributed by atoms with Crippen molar-refractivity contribution < 1.29 is 60.3 Å². The Morgan fingerprint density at radius 1 is 0.897 bits per heavy atom. The third-order valence-electron chi connectivity index (χ3n) is 3.72. The fraction of sp³-hybridized carbons (Fsp3) is 0.167. The first-order valence-electron chi connectivity index (χ1n) is 8.06. The fourth-order valence-corrected chi connectivity index (χ4v) is 3.69. The Balaban J connectivity index is 0.00000420. The summed E-state index contributed by atoms with van der Waals surface area (Å²) in [7, 11) is -9.10. The largest absolute Gasteiger partial charge is 1.00 e. The molecule has 0 atom stereocenters. The summed E-state index contributed by atoms with van der Waals surface area (Å²) < 4.78 is 65.1. The SMILES string of the molecule is CC(C)C(=O)Nc1ccc(/C=C/c2ccccc2S(=O)(=O)O)c(S(=O)(=O)O)c1.[Na+]. The summed E-state index contributed by atoms with van der Waals surface area (Å²) in [6, 6.07) is 9.49. The van der Waals surface area contributed by atoms with Crippen molar-refractivity contribution >= 4 is 44.0 Å². The zero-order valence-corrected chi connectivity index (χ0v) is 19.7. The number of hydrogen-bond acceptors (Lipinski definition) is 5. The van der Waals surface area contributed by atoms with Gasteiger partial charge in [-0.3, -0.25) is 13.9 Å². The molecule has 0 unspecified atom stereocenters. The summed E-state index contributed by atoms with van der Waals surface area (Å²) in [6.45, 7) is 3.34. The van der Waals surface area contributed by atoms with Crippen LogP contribution in [0.15, 0.2) is 52.3 Å². The first-order chi connectivity index (χ1) is 12.9. The van der Waals surface area contributed by atoms with E-state index in [1.54, 1.807) is 19.9 Å². The molecule has 0 heterocycles. The van der Waals surface area contributed by atoms with Crippen molar-refractivity contribution in [3.63, 3.8) is 0 Å². The third kappa shape index (κ3) is 7.03. The number of carbonyl (C=O) groups is 1. The molecule has 0 aliphatic carbocycles. The Morgan fingerprint density at radius 3 is 1.93 bits per heavy atom. The molecule has 2 rings (SSSR count). The number of hydrogen-bond donors (Lipinski definition) is 3. The van der Waals surface area contributed by atoms with E-state index in [0.29, 0.717) is 0 Å². The number of carbonyl (C=O) groups excluding carboxylic acids is 1. The molecule has 150 valence electrons. The van der Waals surface area contributed by atoms with Gasteiger partial charge in [0.05, 0.1) is 0 Å². The molecular formula is C18H19NNaO7S2+. The molecule has 8 nitrogen and oxygen atoms in total. The van der Waals surface area contributed by atoms with Crippen molar-refractivity contribution in [2.24, 2.45) is 5.92 Å². The molecule has 0 spiro atoms. The van der Waals surface area contributed by atoms with E-state index < -0.39 is 25.1 Å². The molecule has 0 fully saturated rings. The van der Waals surface area contributed by atoms with E-state index in [-0.39, 0.29) is 63.1 Å². The molecule has 2 aromatic carbocycles. The van der Waals surface area contributed by atoms with E-state index >= 15 is 0 Å². The monoisotopic (exact) mass is 448 g/mol. The topological polar surface area (TPSA) is 138 Å². The van der Waals surface area contributed by atoms with Crippen LogP contribution in [-0.4, -0.2) is 31.8 Å². The molecule has 11 heteroatoms. The molecule has 3 N–H and O–H groups in total. The molecule has 1 amide bonds. The van der Waals surface area contributed by atoms with Crippen molar-refractivity contribution in [1.29, 1.82) is 0 Å². The van der Waals surface area contributed by atoms with E-state index in [2.05, 4.69) is 5.32 Å². The summed E-state index contributed by atoms with van der Waals surface area (Å²) in [5, 5.41) is 2.53. The van der Waals surface area contributed by atoms with E-state index in [0.717, 1.165) is 6.07 Å². The first kappa shape index (κ1) is 25.5. The summed E-state index contributed by atoms with van der Waals surface area (Å²) in [6.07, 6.45) is 2.57. The van der Waals surface area contributed by atoms with Crippen molar-refractivity contribution in [3.8, 4) is 0 Å². The van der Waals surface area contributed by atoms with Crippen molar-refractivity contribution in [3.05, 3.63) is 53.6 Å². The summed E-state index contributed by atoms with van der Waals surface area (Å²) in [5.41, 5.74) is 0.375. The molecule has 29 heavy (non-hydrogen) atoms.